The van der Waals surface area contributed by atoms with Crippen molar-refractivity contribution in [2.45, 2.75) is 53.4 Å². The zero-order valence-corrected chi connectivity index (χ0v) is 26.3. The first-order chi connectivity index (χ1) is 19.6. The summed E-state index contributed by atoms with van der Waals surface area (Å²) in [5.74, 6) is 0.541. The summed E-state index contributed by atoms with van der Waals surface area (Å²) < 4.78 is 50.8. The second-order valence-corrected chi connectivity index (χ2v) is 12.6. The molecule has 0 radical (unpaired) electrons. The lowest BCUT2D eigenvalue weighted by Crippen LogP contribution is -2.27. The molecule has 0 aliphatic heterocycles. The van der Waals surface area contributed by atoms with Gasteiger partial charge in [-0.2, -0.15) is 0 Å². The van der Waals surface area contributed by atoms with E-state index >= 15 is 0 Å². The highest BCUT2D eigenvalue weighted by Gasteiger charge is 2.21. The number of hydrogen-bond acceptors (Lipinski definition) is 7. The number of nitrogens with zero attached hydrogens (tertiary/aromatic N) is 5. The van der Waals surface area contributed by atoms with Gasteiger partial charge >= 0.3 is 0 Å². The fraction of sp³-hybridized carbons (Fsp3) is 0.355. The molecule has 0 saturated carbocycles. The van der Waals surface area contributed by atoms with Gasteiger partial charge in [0.1, 0.15) is 11.6 Å². The van der Waals surface area contributed by atoms with Crippen molar-refractivity contribution in [2.24, 2.45) is 0 Å². The van der Waals surface area contributed by atoms with Crippen LogP contribution in [0.1, 0.15) is 62.0 Å². The summed E-state index contributed by atoms with van der Waals surface area (Å²) in [7, 11) is -0.258. The van der Waals surface area contributed by atoms with Crippen LogP contribution in [0.4, 0.5) is 20.7 Å². The minimum atomic E-state index is -3.47. The van der Waals surface area contributed by atoms with Gasteiger partial charge in [-0.25, -0.2) is 41.4 Å². The molecule has 42 heavy (non-hydrogen) atoms. The lowest BCUT2D eigenvalue weighted by molar-refractivity contribution is 0.599. The average molecular weight is 597 g/mol. The molecule has 4 rings (SSSR count). The van der Waals surface area contributed by atoms with Crippen molar-refractivity contribution < 1.29 is 17.2 Å². The van der Waals surface area contributed by atoms with E-state index in [1.165, 1.54) is 31.3 Å². The Morgan fingerprint density at radius 1 is 0.714 bits per heavy atom. The molecular formula is C31H38F2N6O2S. The van der Waals surface area contributed by atoms with Crippen LogP contribution in [0.15, 0.2) is 48.5 Å². The van der Waals surface area contributed by atoms with Gasteiger partial charge < -0.3 is 5.32 Å². The van der Waals surface area contributed by atoms with E-state index in [9.17, 15) is 17.2 Å². The molecule has 2 heterocycles. The standard InChI is InChI=1S/C16H20FN3O2S.C15H18FN3/c1-10(2)14-11(3)15(12-6-8-13(17)9-7-12)19-16(18-14)20(4)23(5,21)22;1-9(2)13-10(3)14(19-15(17-4)18-13)11-5-7-12(16)8-6-11/h6-10H,1-5H3;5-9H,1-4H3,(H,17,18,19). The van der Waals surface area contributed by atoms with Crippen molar-refractivity contribution in [3.05, 3.63) is 82.7 Å². The monoisotopic (exact) mass is 596 g/mol. The maximum Gasteiger partial charge on any atom is 0.239 e. The molecule has 0 bridgehead atoms. The van der Waals surface area contributed by atoms with Crippen molar-refractivity contribution in [1.29, 1.82) is 0 Å². The Labute approximate surface area is 247 Å². The zero-order valence-electron chi connectivity index (χ0n) is 25.5. The van der Waals surface area contributed by atoms with Crippen LogP contribution in [0, 0.1) is 25.5 Å². The van der Waals surface area contributed by atoms with Gasteiger partial charge in [-0.1, -0.05) is 27.7 Å². The van der Waals surface area contributed by atoms with Crippen LogP contribution in [0.2, 0.25) is 0 Å². The largest absolute Gasteiger partial charge is 0.357 e. The third-order valence-electron chi connectivity index (χ3n) is 6.69. The molecular weight excluding hydrogens is 558 g/mol. The van der Waals surface area contributed by atoms with Crippen LogP contribution >= 0.6 is 0 Å². The fourth-order valence-corrected chi connectivity index (χ4v) is 4.74. The lowest BCUT2D eigenvalue weighted by Gasteiger charge is -2.20. The molecule has 0 unspecified atom stereocenters. The molecule has 11 heteroatoms. The summed E-state index contributed by atoms with van der Waals surface area (Å²) in [4.78, 5) is 17.8. The molecule has 0 amide bonds. The molecule has 0 aliphatic carbocycles. The molecule has 1 N–H and O–H groups in total. The van der Waals surface area contributed by atoms with Crippen LogP contribution in [-0.2, 0) is 10.0 Å². The van der Waals surface area contributed by atoms with Crippen LogP contribution in [0.5, 0.6) is 0 Å². The Balaban J connectivity index is 0.000000235. The first-order valence-electron chi connectivity index (χ1n) is 13.5. The third kappa shape index (κ3) is 7.64. The van der Waals surface area contributed by atoms with E-state index in [-0.39, 0.29) is 23.5 Å². The molecule has 4 aromatic rings. The van der Waals surface area contributed by atoms with Crippen LogP contribution < -0.4 is 9.62 Å². The highest BCUT2D eigenvalue weighted by Crippen LogP contribution is 2.30. The molecule has 224 valence electrons. The van der Waals surface area contributed by atoms with Crippen molar-refractivity contribution in [1.82, 2.24) is 19.9 Å². The Hall–Kier alpha value is -3.99. The predicted octanol–water partition coefficient (Wildman–Crippen LogP) is 6.87. The van der Waals surface area contributed by atoms with Gasteiger partial charge in [0.05, 0.1) is 29.0 Å². The van der Waals surface area contributed by atoms with Crippen molar-refractivity contribution >= 4 is 21.9 Å². The lowest BCUT2D eigenvalue weighted by atomic mass is 10.00. The minimum absolute atomic E-state index is 0.101. The van der Waals surface area contributed by atoms with E-state index in [0.29, 0.717) is 17.6 Å². The predicted molar refractivity (Wildman–Crippen MR) is 165 cm³/mol. The summed E-state index contributed by atoms with van der Waals surface area (Å²) in [6.07, 6.45) is 1.10. The van der Waals surface area contributed by atoms with Gasteiger partial charge in [0.2, 0.25) is 21.9 Å². The van der Waals surface area contributed by atoms with Gasteiger partial charge in [-0.3, -0.25) is 0 Å². The van der Waals surface area contributed by atoms with E-state index in [4.69, 9.17) is 0 Å². The average Bonchev–Trinajstić information content (AvgIpc) is 2.93. The Kier molecular flexibility index (Phi) is 10.3. The maximum absolute atomic E-state index is 13.2. The van der Waals surface area contributed by atoms with E-state index in [1.807, 2.05) is 27.7 Å². The summed E-state index contributed by atoms with van der Waals surface area (Å²) in [6.45, 7) is 12.1. The van der Waals surface area contributed by atoms with E-state index in [1.54, 1.807) is 31.3 Å². The van der Waals surface area contributed by atoms with Gasteiger partial charge in [-0.05, 0) is 85.3 Å². The van der Waals surface area contributed by atoms with Gasteiger partial charge in [0.15, 0.2) is 0 Å². The number of halogens is 2. The molecule has 0 aliphatic rings. The number of hydrogen-bond donors (Lipinski definition) is 1. The van der Waals surface area contributed by atoms with Crippen molar-refractivity contribution in [3.63, 3.8) is 0 Å². The number of benzene rings is 2. The minimum Gasteiger partial charge on any atom is -0.357 e. The van der Waals surface area contributed by atoms with Gasteiger partial charge in [0, 0.05) is 25.2 Å². The molecule has 8 nitrogen and oxygen atoms in total. The summed E-state index contributed by atoms with van der Waals surface area (Å²) in [5, 5.41) is 2.97. The van der Waals surface area contributed by atoms with E-state index < -0.39 is 10.0 Å². The first-order valence-corrected chi connectivity index (χ1v) is 15.4. The summed E-state index contributed by atoms with van der Waals surface area (Å²) >= 11 is 0. The number of nitrogens with one attached hydrogen (secondary N) is 1. The number of sulfonamides is 1. The van der Waals surface area contributed by atoms with Crippen LogP contribution in [-0.4, -0.2) is 48.7 Å². The molecule has 2 aromatic heterocycles. The first kappa shape index (κ1) is 32.5. The number of rotatable bonds is 7. The second kappa shape index (κ2) is 13.3. The highest BCUT2D eigenvalue weighted by molar-refractivity contribution is 7.92. The second-order valence-electron chi connectivity index (χ2n) is 10.6. The Morgan fingerprint density at radius 2 is 1.12 bits per heavy atom. The number of aromatic nitrogens is 4. The molecule has 0 spiro atoms. The third-order valence-corrected chi connectivity index (χ3v) is 7.85. The normalized spacial score (nSPS) is 11.4. The van der Waals surface area contributed by atoms with Crippen molar-refractivity contribution in [3.8, 4) is 22.5 Å². The van der Waals surface area contributed by atoms with E-state index in [0.717, 1.165) is 49.9 Å². The van der Waals surface area contributed by atoms with Gasteiger partial charge in [0.25, 0.3) is 0 Å². The van der Waals surface area contributed by atoms with E-state index in [2.05, 4.69) is 39.1 Å². The quantitative estimate of drug-likeness (QED) is 0.249. The zero-order chi connectivity index (χ0) is 31.4. The maximum atomic E-state index is 13.2. The number of anilines is 2. The molecule has 0 fully saturated rings. The highest BCUT2D eigenvalue weighted by atomic mass is 32.2. The molecule has 0 saturated heterocycles. The van der Waals surface area contributed by atoms with Gasteiger partial charge in [-0.15, -0.1) is 0 Å². The molecule has 0 atom stereocenters. The van der Waals surface area contributed by atoms with Crippen LogP contribution in [0.3, 0.4) is 0 Å². The smallest absolute Gasteiger partial charge is 0.239 e. The fourth-order valence-electron chi connectivity index (χ4n) is 4.36. The summed E-state index contributed by atoms with van der Waals surface area (Å²) in [5.41, 5.74) is 6.76. The SMILES string of the molecule is CNc1nc(-c2ccc(F)cc2)c(C)c(C(C)C)n1.Cc1c(-c2ccc(F)cc2)nc(N(C)S(C)(=O)=O)nc1C(C)C. The van der Waals surface area contributed by atoms with Crippen molar-refractivity contribution in [2.75, 3.05) is 30.0 Å². The van der Waals surface area contributed by atoms with Crippen LogP contribution in [0.25, 0.3) is 22.5 Å². The molecule has 2 aromatic carbocycles. The summed E-state index contributed by atoms with van der Waals surface area (Å²) in [6, 6.07) is 12.3. The Morgan fingerprint density at radius 3 is 1.50 bits per heavy atom. The topological polar surface area (TPSA) is 101 Å². The Bertz CT molecular complexity index is 1640.